The van der Waals surface area contributed by atoms with E-state index in [1.807, 2.05) is 17.9 Å². The SMILES string of the molecule is CCn1nccc1[C@@H]1OCC[C@H]1CNCc1cn(C)nc1C1CCCCC1. The Labute approximate surface area is 162 Å². The highest BCUT2D eigenvalue weighted by Crippen LogP contribution is 2.35. The number of hydrogen-bond acceptors (Lipinski definition) is 4. The predicted molar refractivity (Wildman–Crippen MR) is 105 cm³/mol. The second kappa shape index (κ2) is 8.57. The van der Waals surface area contributed by atoms with Gasteiger partial charge in [0.2, 0.25) is 0 Å². The van der Waals surface area contributed by atoms with Crippen LogP contribution in [-0.2, 0) is 24.9 Å². The fraction of sp³-hybridized carbons (Fsp3) is 0.714. The zero-order chi connectivity index (χ0) is 18.6. The van der Waals surface area contributed by atoms with Crippen LogP contribution < -0.4 is 5.32 Å². The molecule has 0 spiro atoms. The molecule has 4 rings (SSSR count). The van der Waals surface area contributed by atoms with Gasteiger partial charge in [0, 0.05) is 63.1 Å². The van der Waals surface area contributed by atoms with Gasteiger partial charge in [0.05, 0.1) is 11.4 Å². The molecule has 1 N–H and O–H groups in total. The van der Waals surface area contributed by atoms with Crippen molar-refractivity contribution in [1.29, 1.82) is 0 Å². The molecule has 2 atom stereocenters. The summed E-state index contributed by atoms with van der Waals surface area (Å²) in [5.41, 5.74) is 3.91. The van der Waals surface area contributed by atoms with Gasteiger partial charge in [0.1, 0.15) is 6.10 Å². The molecule has 6 heteroatoms. The summed E-state index contributed by atoms with van der Waals surface area (Å²) in [6.45, 7) is 5.73. The van der Waals surface area contributed by atoms with E-state index in [-0.39, 0.29) is 6.10 Å². The van der Waals surface area contributed by atoms with Crippen LogP contribution in [0.5, 0.6) is 0 Å². The highest BCUT2D eigenvalue weighted by Gasteiger charge is 2.31. The maximum atomic E-state index is 6.06. The largest absolute Gasteiger partial charge is 0.372 e. The van der Waals surface area contributed by atoms with Crippen molar-refractivity contribution in [1.82, 2.24) is 24.9 Å². The van der Waals surface area contributed by atoms with E-state index in [1.165, 1.54) is 49.1 Å². The fourth-order valence-electron chi connectivity index (χ4n) is 4.82. The van der Waals surface area contributed by atoms with Crippen molar-refractivity contribution in [3.63, 3.8) is 0 Å². The first-order valence-corrected chi connectivity index (χ1v) is 10.6. The Morgan fingerprint density at radius 3 is 2.89 bits per heavy atom. The maximum absolute atomic E-state index is 6.06. The number of aryl methyl sites for hydroxylation is 2. The lowest BCUT2D eigenvalue weighted by atomic mass is 9.85. The van der Waals surface area contributed by atoms with Gasteiger partial charge in [0.25, 0.3) is 0 Å². The standard InChI is InChI=1S/C21H33N5O/c1-3-26-19(9-11-23-26)21-17(10-12-27-21)13-22-14-18-15-25(2)24-20(18)16-7-5-4-6-8-16/h9,11,15-17,21-22H,3-8,10,12-14H2,1-2H3/t17-,21+/m0/s1. The molecule has 2 aromatic rings. The van der Waals surface area contributed by atoms with Crippen LogP contribution in [0.2, 0.25) is 0 Å². The molecule has 3 heterocycles. The molecule has 1 aliphatic carbocycles. The summed E-state index contributed by atoms with van der Waals surface area (Å²) >= 11 is 0. The molecule has 0 bridgehead atoms. The lowest BCUT2D eigenvalue weighted by molar-refractivity contribution is 0.0830. The first kappa shape index (κ1) is 18.7. The molecule has 2 aliphatic rings. The van der Waals surface area contributed by atoms with E-state index in [0.29, 0.717) is 11.8 Å². The zero-order valence-electron chi connectivity index (χ0n) is 16.7. The van der Waals surface area contributed by atoms with Gasteiger partial charge in [-0.25, -0.2) is 0 Å². The lowest BCUT2D eigenvalue weighted by Crippen LogP contribution is -2.26. The van der Waals surface area contributed by atoms with E-state index in [9.17, 15) is 0 Å². The summed E-state index contributed by atoms with van der Waals surface area (Å²) in [7, 11) is 2.04. The van der Waals surface area contributed by atoms with Crippen LogP contribution in [0.25, 0.3) is 0 Å². The van der Waals surface area contributed by atoms with Crippen LogP contribution in [0.15, 0.2) is 18.5 Å². The van der Waals surface area contributed by atoms with Crippen molar-refractivity contribution in [3.05, 3.63) is 35.4 Å². The first-order chi connectivity index (χ1) is 13.3. The molecule has 27 heavy (non-hydrogen) atoms. The third-order valence-corrected chi connectivity index (χ3v) is 6.21. The maximum Gasteiger partial charge on any atom is 0.103 e. The van der Waals surface area contributed by atoms with Gasteiger partial charge in [0.15, 0.2) is 0 Å². The van der Waals surface area contributed by atoms with E-state index in [1.54, 1.807) is 0 Å². The Kier molecular flexibility index (Phi) is 5.93. The first-order valence-electron chi connectivity index (χ1n) is 10.6. The van der Waals surface area contributed by atoms with Crippen LogP contribution >= 0.6 is 0 Å². The average molecular weight is 372 g/mol. The van der Waals surface area contributed by atoms with E-state index < -0.39 is 0 Å². The van der Waals surface area contributed by atoms with Crippen molar-refractivity contribution in [2.45, 2.75) is 70.6 Å². The monoisotopic (exact) mass is 371 g/mol. The number of hydrogen-bond donors (Lipinski definition) is 1. The fourth-order valence-corrected chi connectivity index (χ4v) is 4.82. The lowest BCUT2D eigenvalue weighted by Gasteiger charge is -2.22. The van der Waals surface area contributed by atoms with E-state index in [0.717, 1.165) is 32.7 Å². The second-order valence-corrected chi connectivity index (χ2v) is 8.09. The minimum atomic E-state index is 0.159. The summed E-state index contributed by atoms with van der Waals surface area (Å²) in [6, 6.07) is 2.11. The summed E-state index contributed by atoms with van der Waals surface area (Å²) in [5, 5.41) is 12.9. The normalized spacial score (nSPS) is 23.9. The van der Waals surface area contributed by atoms with Crippen molar-refractivity contribution in [3.8, 4) is 0 Å². The molecule has 0 amide bonds. The van der Waals surface area contributed by atoms with Crippen LogP contribution in [0.1, 0.15) is 74.4 Å². The van der Waals surface area contributed by atoms with E-state index in [2.05, 4.69) is 34.3 Å². The molecule has 0 aromatic carbocycles. The molecular formula is C21H33N5O. The summed E-state index contributed by atoms with van der Waals surface area (Å²) in [5.74, 6) is 1.15. The molecule has 1 saturated heterocycles. The van der Waals surface area contributed by atoms with Crippen LogP contribution in [0.4, 0.5) is 0 Å². The molecule has 1 saturated carbocycles. The topological polar surface area (TPSA) is 56.9 Å². The quantitative estimate of drug-likeness (QED) is 0.809. The Balaban J connectivity index is 1.37. The van der Waals surface area contributed by atoms with Gasteiger partial charge in [-0.05, 0) is 32.3 Å². The number of ether oxygens (including phenoxy) is 1. The van der Waals surface area contributed by atoms with Gasteiger partial charge < -0.3 is 10.1 Å². The third kappa shape index (κ3) is 4.11. The number of nitrogens with one attached hydrogen (secondary N) is 1. The zero-order valence-corrected chi connectivity index (χ0v) is 16.7. The van der Waals surface area contributed by atoms with Crippen molar-refractivity contribution < 1.29 is 4.74 Å². The summed E-state index contributed by atoms with van der Waals surface area (Å²) < 4.78 is 10.1. The van der Waals surface area contributed by atoms with E-state index >= 15 is 0 Å². The number of aromatic nitrogens is 4. The Morgan fingerprint density at radius 2 is 2.07 bits per heavy atom. The van der Waals surface area contributed by atoms with Crippen molar-refractivity contribution in [2.24, 2.45) is 13.0 Å². The van der Waals surface area contributed by atoms with Gasteiger partial charge in [-0.15, -0.1) is 0 Å². The number of nitrogens with zero attached hydrogens (tertiary/aromatic N) is 4. The minimum absolute atomic E-state index is 0.159. The van der Waals surface area contributed by atoms with E-state index in [4.69, 9.17) is 9.84 Å². The molecular weight excluding hydrogens is 338 g/mol. The Bertz CT molecular complexity index is 731. The third-order valence-electron chi connectivity index (χ3n) is 6.21. The Hall–Kier alpha value is -1.66. The Morgan fingerprint density at radius 1 is 1.22 bits per heavy atom. The molecule has 2 fully saturated rings. The highest BCUT2D eigenvalue weighted by atomic mass is 16.5. The molecule has 0 unspecified atom stereocenters. The highest BCUT2D eigenvalue weighted by molar-refractivity contribution is 5.21. The molecule has 148 valence electrons. The van der Waals surface area contributed by atoms with Crippen LogP contribution in [0, 0.1) is 5.92 Å². The van der Waals surface area contributed by atoms with Gasteiger partial charge in [-0.1, -0.05) is 19.3 Å². The second-order valence-electron chi connectivity index (χ2n) is 8.09. The van der Waals surface area contributed by atoms with Gasteiger partial charge >= 0.3 is 0 Å². The van der Waals surface area contributed by atoms with Gasteiger partial charge in [-0.3, -0.25) is 9.36 Å². The van der Waals surface area contributed by atoms with Crippen molar-refractivity contribution >= 4 is 0 Å². The molecule has 2 aromatic heterocycles. The smallest absolute Gasteiger partial charge is 0.103 e. The minimum Gasteiger partial charge on any atom is -0.372 e. The predicted octanol–water partition coefficient (Wildman–Crippen LogP) is 3.55. The summed E-state index contributed by atoms with van der Waals surface area (Å²) in [4.78, 5) is 0. The average Bonchev–Trinajstić information content (AvgIpc) is 3.41. The molecule has 6 nitrogen and oxygen atoms in total. The molecule has 1 aliphatic heterocycles. The molecule has 0 radical (unpaired) electrons. The van der Waals surface area contributed by atoms with Crippen molar-refractivity contribution in [2.75, 3.05) is 13.2 Å². The van der Waals surface area contributed by atoms with Crippen LogP contribution in [-0.4, -0.2) is 32.7 Å². The number of rotatable bonds is 7. The van der Waals surface area contributed by atoms with Crippen LogP contribution in [0.3, 0.4) is 0 Å². The summed E-state index contributed by atoms with van der Waals surface area (Å²) in [6.07, 6.45) is 12.0. The van der Waals surface area contributed by atoms with Gasteiger partial charge in [-0.2, -0.15) is 10.2 Å².